The second-order valence-electron chi connectivity index (χ2n) is 4.78. The summed E-state index contributed by atoms with van der Waals surface area (Å²) in [6, 6.07) is 8.88. The number of nitrogens with zero attached hydrogens (tertiary/aromatic N) is 2. The summed E-state index contributed by atoms with van der Waals surface area (Å²) in [6.07, 6.45) is 5.64. The Bertz CT molecular complexity index is 517. The minimum absolute atomic E-state index is 0.799. The number of hydrogen-bond donors (Lipinski definition) is 2. The lowest BCUT2D eigenvalue weighted by atomic mass is 10.2. The summed E-state index contributed by atoms with van der Waals surface area (Å²) in [6.45, 7) is 2.06. The Balaban J connectivity index is 1.56. The molecule has 0 saturated heterocycles. The SMILES string of the molecule is c1ccc2c(NCCCNC3CC3)cnnc2c1. The lowest BCUT2D eigenvalue weighted by Crippen LogP contribution is -2.20. The maximum Gasteiger partial charge on any atom is 0.0950 e. The summed E-state index contributed by atoms with van der Waals surface area (Å²) in [5.74, 6) is 0. The van der Waals surface area contributed by atoms with Gasteiger partial charge >= 0.3 is 0 Å². The highest BCUT2D eigenvalue weighted by molar-refractivity contribution is 5.90. The van der Waals surface area contributed by atoms with Crippen LogP contribution in [0, 0.1) is 0 Å². The molecule has 2 aromatic rings. The molecular weight excluding hydrogens is 224 g/mol. The van der Waals surface area contributed by atoms with Gasteiger partial charge in [-0.3, -0.25) is 0 Å². The number of benzene rings is 1. The van der Waals surface area contributed by atoms with Crippen LogP contribution in [0.2, 0.25) is 0 Å². The molecule has 1 saturated carbocycles. The van der Waals surface area contributed by atoms with Crippen molar-refractivity contribution in [2.75, 3.05) is 18.4 Å². The molecule has 4 nitrogen and oxygen atoms in total. The largest absolute Gasteiger partial charge is 0.383 e. The molecule has 0 bridgehead atoms. The van der Waals surface area contributed by atoms with Gasteiger partial charge in [0.25, 0.3) is 0 Å². The Kier molecular flexibility index (Phi) is 3.37. The molecule has 0 aliphatic heterocycles. The fourth-order valence-electron chi connectivity index (χ4n) is 2.05. The predicted molar refractivity (Wildman–Crippen MR) is 73.7 cm³/mol. The molecule has 94 valence electrons. The number of fused-ring (bicyclic) bond motifs is 1. The summed E-state index contributed by atoms with van der Waals surface area (Å²) >= 11 is 0. The van der Waals surface area contributed by atoms with Crippen molar-refractivity contribution in [1.82, 2.24) is 15.5 Å². The van der Waals surface area contributed by atoms with Crippen molar-refractivity contribution in [3.63, 3.8) is 0 Å². The standard InChI is InChI=1S/C14H18N4/c1-2-5-13-12(4-1)14(10-17-18-13)16-9-3-8-15-11-6-7-11/h1-2,4-5,10-11,15H,3,6-9H2,(H,16,18). The van der Waals surface area contributed by atoms with Crippen molar-refractivity contribution in [2.45, 2.75) is 25.3 Å². The summed E-state index contributed by atoms with van der Waals surface area (Å²) < 4.78 is 0. The second-order valence-corrected chi connectivity index (χ2v) is 4.78. The van der Waals surface area contributed by atoms with E-state index in [4.69, 9.17) is 0 Å². The first kappa shape index (κ1) is 11.4. The third kappa shape index (κ3) is 2.76. The van der Waals surface area contributed by atoms with Crippen molar-refractivity contribution in [2.24, 2.45) is 0 Å². The highest BCUT2D eigenvalue weighted by Crippen LogP contribution is 2.20. The van der Waals surface area contributed by atoms with Crippen LogP contribution in [-0.4, -0.2) is 29.3 Å². The van der Waals surface area contributed by atoms with Crippen molar-refractivity contribution in [3.8, 4) is 0 Å². The van der Waals surface area contributed by atoms with E-state index in [1.54, 1.807) is 6.20 Å². The Morgan fingerprint density at radius 1 is 1.17 bits per heavy atom. The van der Waals surface area contributed by atoms with E-state index in [0.717, 1.165) is 42.1 Å². The topological polar surface area (TPSA) is 49.8 Å². The zero-order valence-electron chi connectivity index (χ0n) is 10.4. The molecule has 0 unspecified atom stereocenters. The maximum atomic E-state index is 4.12. The molecule has 1 aromatic heterocycles. The Morgan fingerprint density at radius 3 is 2.94 bits per heavy atom. The molecular formula is C14H18N4. The number of aromatic nitrogens is 2. The van der Waals surface area contributed by atoms with Gasteiger partial charge in [0, 0.05) is 18.0 Å². The van der Waals surface area contributed by atoms with Gasteiger partial charge in [0.2, 0.25) is 0 Å². The zero-order valence-corrected chi connectivity index (χ0v) is 10.4. The van der Waals surface area contributed by atoms with E-state index in [2.05, 4.69) is 26.9 Å². The van der Waals surface area contributed by atoms with E-state index in [-0.39, 0.29) is 0 Å². The lowest BCUT2D eigenvalue weighted by Gasteiger charge is -2.08. The molecule has 0 amide bonds. The number of rotatable bonds is 6. The fourth-order valence-corrected chi connectivity index (χ4v) is 2.05. The summed E-state index contributed by atoms with van der Waals surface area (Å²) in [7, 11) is 0. The van der Waals surface area contributed by atoms with Crippen LogP contribution in [0.15, 0.2) is 30.5 Å². The van der Waals surface area contributed by atoms with Crippen LogP contribution in [0.1, 0.15) is 19.3 Å². The Labute approximate surface area is 107 Å². The van der Waals surface area contributed by atoms with Gasteiger partial charge in [-0.2, -0.15) is 10.2 Å². The zero-order chi connectivity index (χ0) is 12.2. The van der Waals surface area contributed by atoms with E-state index >= 15 is 0 Å². The van der Waals surface area contributed by atoms with Crippen molar-refractivity contribution < 1.29 is 0 Å². The first-order valence-corrected chi connectivity index (χ1v) is 6.61. The molecule has 1 aliphatic carbocycles. The van der Waals surface area contributed by atoms with E-state index in [0.29, 0.717) is 0 Å². The van der Waals surface area contributed by atoms with Gasteiger partial charge < -0.3 is 10.6 Å². The van der Waals surface area contributed by atoms with Crippen LogP contribution in [0.3, 0.4) is 0 Å². The van der Waals surface area contributed by atoms with Crippen molar-refractivity contribution in [1.29, 1.82) is 0 Å². The van der Waals surface area contributed by atoms with E-state index in [9.17, 15) is 0 Å². The van der Waals surface area contributed by atoms with Crippen molar-refractivity contribution in [3.05, 3.63) is 30.5 Å². The third-order valence-corrected chi connectivity index (χ3v) is 3.23. The van der Waals surface area contributed by atoms with Crippen LogP contribution < -0.4 is 10.6 Å². The highest BCUT2D eigenvalue weighted by Gasteiger charge is 2.19. The van der Waals surface area contributed by atoms with Crippen molar-refractivity contribution >= 4 is 16.6 Å². The Hall–Kier alpha value is -1.68. The average Bonchev–Trinajstić information content (AvgIpc) is 3.23. The smallest absolute Gasteiger partial charge is 0.0950 e. The van der Waals surface area contributed by atoms with Gasteiger partial charge in [-0.05, 0) is 31.9 Å². The highest BCUT2D eigenvalue weighted by atomic mass is 15.1. The van der Waals surface area contributed by atoms with Crippen LogP contribution in [0.25, 0.3) is 10.9 Å². The van der Waals surface area contributed by atoms with Gasteiger partial charge in [-0.1, -0.05) is 18.2 Å². The molecule has 18 heavy (non-hydrogen) atoms. The van der Waals surface area contributed by atoms with Gasteiger partial charge in [-0.25, -0.2) is 0 Å². The summed E-state index contributed by atoms with van der Waals surface area (Å²) in [5, 5.41) is 16.2. The first-order valence-electron chi connectivity index (χ1n) is 6.61. The number of hydrogen-bond acceptors (Lipinski definition) is 4. The molecule has 3 rings (SSSR count). The maximum absolute atomic E-state index is 4.12. The lowest BCUT2D eigenvalue weighted by molar-refractivity contribution is 0.659. The van der Waals surface area contributed by atoms with Crippen LogP contribution in [0.4, 0.5) is 5.69 Å². The third-order valence-electron chi connectivity index (χ3n) is 3.23. The molecule has 1 aromatic carbocycles. The van der Waals surface area contributed by atoms with Crippen LogP contribution >= 0.6 is 0 Å². The van der Waals surface area contributed by atoms with Gasteiger partial charge in [0.1, 0.15) is 0 Å². The fraction of sp³-hybridized carbons (Fsp3) is 0.429. The molecule has 1 aliphatic rings. The predicted octanol–water partition coefficient (Wildman–Crippen LogP) is 2.18. The molecule has 1 fully saturated rings. The van der Waals surface area contributed by atoms with Gasteiger partial charge in [-0.15, -0.1) is 0 Å². The summed E-state index contributed by atoms with van der Waals surface area (Å²) in [5.41, 5.74) is 2.02. The molecule has 0 atom stereocenters. The van der Waals surface area contributed by atoms with E-state index in [1.165, 1.54) is 12.8 Å². The minimum Gasteiger partial charge on any atom is -0.383 e. The molecule has 4 heteroatoms. The second kappa shape index (κ2) is 5.31. The molecule has 1 heterocycles. The number of anilines is 1. The minimum atomic E-state index is 0.799. The van der Waals surface area contributed by atoms with E-state index in [1.807, 2.05) is 18.2 Å². The molecule has 0 radical (unpaired) electrons. The summed E-state index contributed by atoms with van der Waals surface area (Å²) in [4.78, 5) is 0. The Morgan fingerprint density at radius 2 is 2.06 bits per heavy atom. The quantitative estimate of drug-likeness (QED) is 0.762. The monoisotopic (exact) mass is 242 g/mol. The normalized spacial score (nSPS) is 14.9. The van der Waals surface area contributed by atoms with Gasteiger partial charge in [0.05, 0.1) is 17.4 Å². The van der Waals surface area contributed by atoms with Crippen LogP contribution in [-0.2, 0) is 0 Å². The van der Waals surface area contributed by atoms with Crippen LogP contribution in [0.5, 0.6) is 0 Å². The first-order chi connectivity index (χ1) is 8.93. The molecule has 2 N–H and O–H groups in total. The van der Waals surface area contributed by atoms with E-state index < -0.39 is 0 Å². The van der Waals surface area contributed by atoms with Gasteiger partial charge in [0.15, 0.2) is 0 Å². The number of nitrogens with one attached hydrogen (secondary N) is 2. The molecule has 0 spiro atoms. The average molecular weight is 242 g/mol.